The topological polar surface area (TPSA) is 74.2 Å². The number of amides is 1. The molecule has 0 saturated heterocycles. The molecule has 1 amide bonds. The van der Waals surface area contributed by atoms with Gasteiger partial charge in [-0.05, 0) is 56.8 Å². The Bertz CT molecular complexity index is 1390. The third-order valence-corrected chi connectivity index (χ3v) is 6.43. The van der Waals surface area contributed by atoms with Crippen LogP contribution in [0, 0.1) is 6.92 Å². The van der Waals surface area contributed by atoms with Gasteiger partial charge in [0.05, 0.1) is 17.1 Å². The van der Waals surface area contributed by atoms with Crippen LogP contribution in [0.5, 0.6) is 0 Å². The van der Waals surface area contributed by atoms with E-state index in [2.05, 4.69) is 52.2 Å². The summed E-state index contributed by atoms with van der Waals surface area (Å²) >= 11 is 0. The van der Waals surface area contributed by atoms with Crippen molar-refractivity contribution >= 4 is 39.7 Å². The van der Waals surface area contributed by atoms with Gasteiger partial charge in [0.15, 0.2) is 0 Å². The first-order valence-electron chi connectivity index (χ1n) is 11.5. The molecule has 0 unspecified atom stereocenters. The third-order valence-electron chi connectivity index (χ3n) is 6.43. The lowest BCUT2D eigenvalue weighted by molar-refractivity contribution is -0.119. The van der Waals surface area contributed by atoms with E-state index in [0.29, 0.717) is 5.95 Å². The Morgan fingerprint density at radius 1 is 1.03 bits per heavy atom. The van der Waals surface area contributed by atoms with Crippen molar-refractivity contribution in [3.05, 3.63) is 66.6 Å². The molecule has 2 aromatic heterocycles. The van der Waals surface area contributed by atoms with Gasteiger partial charge in [0, 0.05) is 48.3 Å². The second-order valence-corrected chi connectivity index (χ2v) is 9.04. The molecule has 7 nitrogen and oxygen atoms in total. The van der Waals surface area contributed by atoms with E-state index in [1.54, 1.807) is 4.90 Å². The molecule has 5 rings (SSSR count). The minimum Gasteiger partial charge on any atom is -0.356 e. The highest BCUT2D eigenvalue weighted by Crippen LogP contribution is 2.39. The fraction of sp³-hybridized carbons (Fsp3) is 0.259. The van der Waals surface area contributed by atoms with E-state index in [1.807, 2.05) is 63.8 Å². The minimum atomic E-state index is -0.228. The molecule has 1 aliphatic heterocycles. The molecule has 34 heavy (non-hydrogen) atoms. The minimum absolute atomic E-state index is 0.0946. The molecule has 7 heteroatoms. The Morgan fingerprint density at radius 2 is 1.82 bits per heavy atom. The fourth-order valence-corrected chi connectivity index (χ4v) is 4.75. The summed E-state index contributed by atoms with van der Waals surface area (Å²) in [7, 11) is 1.83. The first-order chi connectivity index (χ1) is 16.3. The summed E-state index contributed by atoms with van der Waals surface area (Å²) in [5.41, 5.74) is 5.59. The van der Waals surface area contributed by atoms with Crippen LogP contribution in [-0.2, 0) is 4.79 Å². The van der Waals surface area contributed by atoms with Crippen LogP contribution in [0.4, 0.5) is 23.0 Å². The number of fused-ring (bicyclic) bond motifs is 2. The van der Waals surface area contributed by atoms with Crippen molar-refractivity contribution in [2.24, 2.45) is 0 Å². The number of pyridine rings is 1. The van der Waals surface area contributed by atoms with E-state index in [1.165, 1.54) is 0 Å². The maximum atomic E-state index is 12.7. The summed E-state index contributed by atoms with van der Waals surface area (Å²) in [5.74, 6) is 0.606. The van der Waals surface area contributed by atoms with Gasteiger partial charge in [0.2, 0.25) is 11.9 Å². The molecule has 1 aliphatic rings. The average molecular weight is 453 g/mol. The zero-order valence-electron chi connectivity index (χ0n) is 20.1. The molecule has 1 atom stereocenters. The van der Waals surface area contributed by atoms with E-state index in [-0.39, 0.29) is 18.0 Å². The second-order valence-electron chi connectivity index (χ2n) is 9.04. The zero-order valence-corrected chi connectivity index (χ0v) is 20.1. The Kier molecular flexibility index (Phi) is 5.40. The maximum Gasteiger partial charge on any atom is 0.249 e. The van der Waals surface area contributed by atoms with Gasteiger partial charge in [-0.1, -0.05) is 24.3 Å². The molecule has 0 spiro atoms. The number of hydrogen-bond acceptors (Lipinski definition) is 6. The molecule has 172 valence electrons. The van der Waals surface area contributed by atoms with Crippen LogP contribution in [0.25, 0.3) is 22.0 Å². The van der Waals surface area contributed by atoms with Crippen molar-refractivity contribution < 1.29 is 4.79 Å². The van der Waals surface area contributed by atoms with Crippen LogP contribution in [0.15, 0.2) is 61.1 Å². The lowest BCUT2D eigenvalue weighted by Gasteiger charge is -2.42. The third kappa shape index (κ3) is 3.63. The molecule has 0 radical (unpaired) electrons. The number of likely N-dealkylation sites (N-methyl/N-ethyl adjacent to an activating group) is 1. The van der Waals surface area contributed by atoms with Crippen molar-refractivity contribution in [2.75, 3.05) is 22.2 Å². The van der Waals surface area contributed by atoms with Crippen molar-refractivity contribution in [2.45, 2.75) is 39.8 Å². The number of hydrogen-bond donors (Lipinski definition) is 1. The molecule has 0 fully saturated rings. The second kappa shape index (κ2) is 8.41. The normalized spacial score (nSPS) is 15.7. The van der Waals surface area contributed by atoms with E-state index < -0.39 is 0 Å². The first-order valence-corrected chi connectivity index (χ1v) is 11.5. The molecule has 0 saturated carbocycles. The highest BCUT2D eigenvalue weighted by atomic mass is 16.2. The van der Waals surface area contributed by atoms with Crippen molar-refractivity contribution in [1.29, 1.82) is 0 Å². The highest BCUT2D eigenvalue weighted by molar-refractivity contribution is 6.05. The zero-order chi connectivity index (χ0) is 24.0. The smallest absolute Gasteiger partial charge is 0.249 e. The molecule has 0 aliphatic carbocycles. The number of carbonyl (C=O) groups excluding carboxylic acids is 1. The van der Waals surface area contributed by atoms with Crippen LogP contribution in [0.3, 0.4) is 0 Å². The van der Waals surface area contributed by atoms with E-state index in [0.717, 1.165) is 44.7 Å². The Balaban J connectivity index is 1.54. The molecular formula is C27H28N6O. The van der Waals surface area contributed by atoms with Gasteiger partial charge >= 0.3 is 0 Å². The van der Waals surface area contributed by atoms with Crippen molar-refractivity contribution in [3.8, 4) is 11.3 Å². The fourth-order valence-electron chi connectivity index (χ4n) is 4.75. The summed E-state index contributed by atoms with van der Waals surface area (Å²) in [5, 5.41) is 5.54. The molecule has 0 bridgehead atoms. The monoisotopic (exact) mass is 452 g/mol. The lowest BCUT2D eigenvalue weighted by Crippen LogP contribution is -2.53. The number of anilines is 4. The molecule has 3 heterocycles. The number of aryl methyl sites for hydroxylation is 1. The van der Waals surface area contributed by atoms with Gasteiger partial charge in [-0.15, -0.1) is 0 Å². The molecule has 4 aromatic rings. The van der Waals surface area contributed by atoms with Crippen molar-refractivity contribution in [3.63, 3.8) is 0 Å². The van der Waals surface area contributed by atoms with Gasteiger partial charge in [-0.3, -0.25) is 9.78 Å². The van der Waals surface area contributed by atoms with E-state index >= 15 is 0 Å². The van der Waals surface area contributed by atoms with Gasteiger partial charge in [0.1, 0.15) is 6.04 Å². The number of aromatic nitrogens is 3. The highest BCUT2D eigenvalue weighted by Gasteiger charge is 2.35. The lowest BCUT2D eigenvalue weighted by atomic mass is 10.0. The van der Waals surface area contributed by atoms with Gasteiger partial charge in [-0.25, -0.2) is 9.97 Å². The summed E-state index contributed by atoms with van der Waals surface area (Å²) < 4.78 is 0. The quantitative estimate of drug-likeness (QED) is 0.452. The Hall–Kier alpha value is -4.00. The van der Waals surface area contributed by atoms with Crippen LogP contribution >= 0.6 is 0 Å². The predicted octanol–water partition coefficient (Wildman–Crippen LogP) is 5.32. The van der Waals surface area contributed by atoms with E-state index in [9.17, 15) is 4.79 Å². The van der Waals surface area contributed by atoms with Gasteiger partial charge in [-0.2, -0.15) is 0 Å². The largest absolute Gasteiger partial charge is 0.356 e. The Labute approximate surface area is 199 Å². The van der Waals surface area contributed by atoms with Crippen LogP contribution in [0.1, 0.15) is 26.3 Å². The van der Waals surface area contributed by atoms with Crippen molar-refractivity contribution in [1.82, 2.24) is 15.0 Å². The number of nitrogens with zero attached hydrogens (tertiary/aromatic N) is 5. The van der Waals surface area contributed by atoms with E-state index in [4.69, 9.17) is 4.98 Å². The SMILES string of the molecule is Cc1cnc(Nc2ccc3c(c2)N(C(C)C)[C@H](C)C(=O)N3C)nc1-c1cncc2ccccc12. The van der Waals surface area contributed by atoms with Crippen LogP contribution in [-0.4, -0.2) is 40.0 Å². The predicted molar refractivity (Wildman–Crippen MR) is 138 cm³/mol. The number of benzene rings is 2. The maximum absolute atomic E-state index is 12.7. The summed E-state index contributed by atoms with van der Waals surface area (Å²) in [4.78, 5) is 30.4. The summed E-state index contributed by atoms with van der Waals surface area (Å²) in [6, 6.07) is 14.1. The Morgan fingerprint density at radius 3 is 2.62 bits per heavy atom. The van der Waals surface area contributed by atoms with Gasteiger partial charge < -0.3 is 15.1 Å². The van der Waals surface area contributed by atoms with Crippen LogP contribution < -0.4 is 15.1 Å². The van der Waals surface area contributed by atoms with Gasteiger partial charge in [0.25, 0.3) is 0 Å². The molecule has 2 aromatic carbocycles. The average Bonchev–Trinajstić information content (AvgIpc) is 2.83. The molecular weight excluding hydrogens is 424 g/mol. The first kappa shape index (κ1) is 21.8. The number of carbonyl (C=O) groups is 1. The number of rotatable bonds is 4. The van der Waals surface area contributed by atoms with Crippen LogP contribution in [0.2, 0.25) is 0 Å². The standard InChI is InChI=1S/C27H28N6O/c1-16(2)33-18(4)26(34)32(5)23-11-10-20(12-24(23)33)30-27-29-13-17(3)25(31-27)22-15-28-14-19-8-6-7-9-21(19)22/h6-16,18H,1-5H3,(H,29,30,31)/t18-/m1/s1. The molecule has 1 N–H and O–H groups in total. The summed E-state index contributed by atoms with van der Waals surface area (Å²) in [6.45, 7) is 8.17. The summed E-state index contributed by atoms with van der Waals surface area (Å²) in [6.07, 6.45) is 5.56. The number of nitrogens with one attached hydrogen (secondary N) is 1.